The van der Waals surface area contributed by atoms with E-state index >= 15 is 0 Å². The second kappa shape index (κ2) is 5.98. The molecule has 3 nitrogen and oxygen atoms in total. The van der Waals surface area contributed by atoms with E-state index in [1.165, 1.54) is 6.07 Å². The molecule has 0 aromatic heterocycles. The number of benzene rings is 1. The highest BCUT2D eigenvalue weighted by Gasteiger charge is 2.12. The van der Waals surface area contributed by atoms with Gasteiger partial charge in [-0.1, -0.05) is 12.6 Å². The molecule has 0 bridgehead atoms. The number of ether oxygens (including phenoxy) is 1. The number of amides is 1. The number of para-hydroxylation sites is 1. The minimum absolute atomic E-state index is 0.0303. The first-order chi connectivity index (χ1) is 8.04. The molecule has 0 heterocycles. The third kappa shape index (κ3) is 3.86. The summed E-state index contributed by atoms with van der Waals surface area (Å²) in [5.74, 6) is -2.35. The topological polar surface area (TPSA) is 38.3 Å². The summed E-state index contributed by atoms with van der Waals surface area (Å²) in [7, 11) is 0. The normalized spacial score (nSPS) is 11.7. The van der Waals surface area contributed by atoms with Crippen molar-refractivity contribution in [2.45, 2.75) is 13.0 Å². The number of halogens is 2. The maximum absolute atomic E-state index is 13.2. The fourth-order valence-corrected chi connectivity index (χ4v) is 1.17. The molecular formula is C12H13F2NO2. The predicted octanol–water partition coefficient (Wildman–Crippen LogP) is 2.03. The van der Waals surface area contributed by atoms with E-state index in [2.05, 4.69) is 11.9 Å². The van der Waals surface area contributed by atoms with Crippen LogP contribution in [0.2, 0.25) is 0 Å². The van der Waals surface area contributed by atoms with Crippen molar-refractivity contribution in [3.05, 3.63) is 42.5 Å². The number of rotatable bonds is 5. The van der Waals surface area contributed by atoms with Gasteiger partial charge in [0.25, 0.3) is 0 Å². The Hall–Kier alpha value is -1.91. The van der Waals surface area contributed by atoms with Crippen molar-refractivity contribution in [3.8, 4) is 5.75 Å². The molecule has 0 saturated heterocycles. The summed E-state index contributed by atoms with van der Waals surface area (Å²) in [5.41, 5.74) is 0. The van der Waals surface area contributed by atoms with Gasteiger partial charge in [0.2, 0.25) is 5.91 Å². The Labute approximate surface area is 98.1 Å². The first-order valence-electron chi connectivity index (χ1n) is 5.04. The van der Waals surface area contributed by atoms with Crippen molar-refractivity contribution in [2.75, 3.05) is 6.61 Å². The molecule has 1 amide bonds. The van der Waals surface area contributed by atoms with Crippen LogP contribution in [0.5, 0.6) is 5.75 Å². The Morgan fingerprint density at radius 3 is 2.65 bits per heavy atom. The Bertz CT molecular complexity index is 401. The number of hydrogen-bond donors (Lipinski definition) is 1. The number of carbonyl (C=O) groups is 1. The summed E-state index contributed by atoms with van der Waals surface area (Å²) in [5, 5.41) is 2.51. The van der Waals surface area contributed by atoms with Crippen LogP contribution in [0.25, 0.3) is 0 Å². The van der Waals surface area contributed by atoms with Gasteiger partial charge in [0.15, 0.2) is 17.4 Å². The molecule has 5 heteroatoms. The predicted molar refractivity (Wildman–Crippen MR) is 59.7 cm³/mol. The number of nitrogens with one attached hydrogen (secondary N) is 1. The van der Waals surface area contributed by atoms with Crippen molar-refractivity contribution in [1.82, 2.24) is 5.32 Å². The second-order valence-electron chi connectivity index (χ2n) is 3.48. The van der Waals surface area contributed by atoms with Crippen molar-refractivity contribution in [3.63, 3.8) is 0 Å². The van der Waals surface area contributed by atoms with Crippen LogP contribution in [0, 0.1) is 11.6 Å². The Kier molecular flexibility index (Phi) is 4.63. The van der Waals surface area contributed by atoms with Gasteiger partial charge in [0.1, 0.15) is 6.61 Å². The van der Waals surface area contributed by atoms with E-state index in [1.54, 1.807) is 6.92 Å². The van der Waals surface area contributed by atoms with Gasteiger partial charge in [0.05, 0.1) is 6.04 Å². The largest absolute Gasteiger partial charge is 0.485 e. The van der Waals surface area contributed by atoms with Crippen LogP contribution in [0.4, 0.5) is 8.78 Å². The first-order valence-corrected chi connectivity index (χ1v) is 5.04. The lowest BCUT2D eigenvalue weighted by atomic mass is 10.3. The fraction of sp³-hybridized carbons (Fsp3) is 0.250. The smallest absolute Gasteiger partial charge is 0.243 e. The highest BCUT2D eigenvalue weighted by molar-refractivity contribution is 5.87. The fourth-order valence-electron chi connectivity index (χ4n) is 1.17. The van der Waals surface area contributed by atoms with E-state index in [1.807, 2.05) is 0 Å². The molecule has 0 spiro atoms. The van der Waals surface area contributed by atoms with E-state index in [0.717, 1.165) is 18.2 Å². The van der Waals surface area contributed by atoms with Crippen molar-refractivity contribution < 1.29 is 18.3 Å². The molecule has 0 aliphatic rings. The van der Waals surface area contributed by atoms with Crippen LogP contribution in [0.3, 0.4) is 0 Å². The van der Waals surface area contributed by atoms with Gasteiger partial charge in [0, 0.05) is 0 Å². The third-order valence-electron chi connectivity index (χ3n) is 1.97. The monoisotopic (exact) mass is 241 g/mol. The minimum atomic E-state index is -0.771. The van der Waals surface area contributed by atoms with E-state index in [9.17, 15) is 13.6 Å². The summed E-state index contributed by atoms with van der Waals surface area (Å²) in [6.07, 6.45) is 1.11. The van der Waals surface area contributed by atoms with Crippen molar-refractivity contribution >= 4 is 5.91 Å². The minimum Gasteiger partial charge on any atom is -0.485 e. The molecule has 1 N–H and O–H groups in total. The molecular weight excluding hydrogens is 228 g/mol. The maximum atomic E-state index is 13.2. The summed E-state index contributed by atoms with van der Waals surface area (Å²) < 4.78 is 31.3. The molecule has 92 valence electrons. The molecule has 0 aliphatic heterocycles. The molecule has 0 aliphatic carbocycles. The van der Waals surface area contributed by atoms with Crippen LogP contribution < -0.4 is 10.1 Å². The lowest BCUT2D eigenvalue weighted by Gasteiger charge is -2.14. The van der Waals surface area contributed by atoms with Gasteiger partial charge < -0.3 is 10.1 Å². The maximum Gasteiger partial charge on any atom is 0.243 e. The van der Waals surface area contributed by atoms with E-state index < -0.39 is 17.4 Å². The zero-order valence-electron chi connectivity index (χ0n) is 9.37. The van der Waals surface area contributed by atoms with E-state index in [0.29, 0.717) is 0 Å². The highest BCUT2D eigenvalue weighted by atomic mass is 19.1. The van der Waals surface area contributed by atoms with Crippen molar-refractivity contribution in [2.24, 2.45) is 0 Å². The van der Waals surface area contributed by atoms with Crippen LogP contribution >= 0.6 is 0 Å². The summed E-state index contributed by atoms with van der Waals surface area (Å²) in [6, 6.07) is 3.08. The Balaban J connectivity index is 2.55. The SMILES string of the molecule is C=CC(=O)N[C@H](C)COc1c(F)cccc1F. The molecule has 0 radical (unpaired) electrons. The van der Waals surface area contributed by atoms with Crippen LogP contribution in [-0.2, 0) is 4.79 Å². The van der Waals surface area contributed by atoms with E-state index in [4.69, 9.17) is 4.74 Å². The zero-order valence-corrected chi connectivity index (χ0v) is 9.37. The third-order valence-corrected chi connectivity index (χ3v) is 1.97. The highest BCUT2D eigenvalue weighted by Crippen LogP contribution is 2.20. The quantitative estimate of drug-likeness (QED) is 0.801. The van der Waals surface area contributed by atoms with Crippen molar-refractivity contribution in [1.29, 1.82) is 0 Å². The molecule has 1 rings (SSSR count). The van der Waals surface area contributed by atoms with Crippen LogP contribution in [-0.4, -0.2) is 18.6 Å². The van der Waals surface area contributed by atoms with Gasteiger partial charge in [-0.3, -0.25) is 4.79 Å². The molecule has 1 aromatic carbocycles. The van der Waals surface area contributed by atoms with Gasteiger partial charge in [-0.25, -0.2) is 8.78 Å². The van der Waals surface area contributed by atoms with E-state index in [-0.39, 0.29) is 18.6 Å². The molecule has 1 aromatic rings. The van der Waals surface area contributed by atoms with Crippen LogP contribution in [0.1, 0.15) is 6.92 Å². The summed E-state index contributed by atoms with van der Waals surface area (Å²) in [4.78, 5) is 10.9. The first kappa shape index (κ1) is 13.2. The van der Waals surface area contributed by atoms with Gasteiger partial charge in [-0.2, -0.15) is 0 Å². The lowest BCUT2D eigenvalue weighted by Crippen LogP contribution is -2.35. The molecule has 1 atom stereocenters. The Morgan fingerprint density at radius 2 is 2.12 bits per heavy atom. The Morgan fingerprint density at radius 1 is 1.53 bits per heavy atom. The van der Waals surface area contributed by atoms with Crippen LogP contribution in [0.15, 0.2) is 30.9 Å². The number of carbonyl (C=O) groups excluding carboxylic acids is 1. The van der Waals surface area contributed by atoms with Gasteiger partial charge in [-0.15, -0.1) is 0 Å². The summed E-state index contributed by atoms with van der Waals surface area (Å²) in [6.45, 7) is 4.91. The molecule has 0 unspecified atom stereocenters. The molecule has 17 heavy (non-hydrogen) atoms. The number of hydrogen-bond acceptors (Lipinski definition) is 2. The average molecular weight is 241 g/mol. The average Bonchev–Trinajstić information content (AvgIpc) is 2.28. The van der Waals surface area contributed by atoms with Gasteiger partial charge in [-0.05, 0) is 25.1 Å². The molecule has 0 fully saturated rings. The molecule has 0 saturated carbocycles. The second-order valence-corrected chi connectivity index (χ2v) is 3.48. The standard InChI is InChI=1S/C12H13F2NO2/c1-3-11(16)15-8(2)7-17-12-9(13)5-4-6-10(12)14/h3-6,8H,1,7H2,2H3,(H,15,16)/t8-/m1/s1. The lowest BCUT2D eigenvalue weighted by molar-refractivity contribution is -0.117. The summed E-state index contributed by atoms with van der Waals surface area (Å²) >= 11 is 0. The van der Waals surface area contributed by atoms with Gasteiger partial charge >= 0.3 is 0 Å². The zero-order chi connectivity index (χ0) is 12.8.